The highest BCUT2D eigenvalue weighted by molar-refractivity contribution is 6.02. The molecule has 170 valence electrons. The number of benzene rings is 1. The van der Waals surface area contributed by atoms with E-state index in [9.17, 15) is 9.59 Å². The molecule has 0 spiro atoms. The normalized spacial score (nSPS) is 18.3. The lowest BCUT2D eigenvalue weighted by Gasteiger charge is -2.35. The Balaban J connectivity index is 1.56. The van der Waals surface area contributed by atoms with Gasteiger partial charge in [-0.05, 0) is 25.8 Å². The van der Waals surface area contributed by atoms with Gasteiger partial charge in [-0.2, -0.15) is 5.10 Å². The molecule has 5 rings (SSSR count). The van der Waals surface area contributed by atoms with Crippen LogP contribution in [0.3, 0.4) is 0 Å². The number of fused-ring (bicyclic) bond motifs is 3. The zero-order chi connectivity index (χ0) is 25.8. The highest BCUT2D eigenvalue weighted by Crippen LogP contribution is 2.47. The smallest absolute Gasteiger partial charge is 0.254 e. The Labute approximate surface area is 196 Å². The molecule has 1 atom stereocenters. The molecule has 1 aliphatic heterocycles. The van der Waals surface area contributed by atoms with Crippen molar-refractivity contribution in [3.63, 3.8) is 0 Å². The van der Waals surface area contributed by atoms with Crippen molar-refractivity contribution in [2.24, 2.45) is 13.0 Å². The number of amides is 2. The predicted octanol–water partition coefficient (Wildman–Crippen LogP) is 3.44. The fourth-order valence-corrected chi connectivity index (χ4v) is 4.23. The first-order valence-corrected chi connectivity index (χ1v) is 10.8. The lowest BCUT2D eigenvalue weighted by atomic mass is 9.94. The van der Waals surface area contributed by atoms with Crippen molar-refractivity contribution in [1.29, 1.82) is 0 Å². The standard InChI is InChI=1S/C24H27N7O2/c1-13-17-12-30(3)29-21(17)15-6-5-7-18(22(15)31(13)4)27-19-10-20(28-23(32)14-8-9-14)26-11-16(19)24(33)25-2/h5-7,10-14H,8-9H2,1-4H3,(H,25,33)(H2,26,27,28,32)/t13-/m0/s1/i2D3. The molecule has 2 aliphatic rings. The Bertz CT molecular complexity index is 1360. The number of anilines is 4. The molecule has 9 nitrogen and oxygen atoms in total. The summed E-state index contributed by atoms with van der Waals surface area (Å²) in [6, 6.07) is 7.36. The molecule has 3 heterocycles. The summed E-state index contributed by atoms with van der Waals surface area (Å²) in [5.74, 6) is -0.672. The number of nitrogens with zero attached hydrogens (tertiary/aromatic N) is 4. The van der Waals surface area contributed by atoms with Crippen LogP contribution < -0.4 is 20.9 Å². The van der Waals surface area contributed by atoms with E-state index in [1.54, 1.807) is 10.7 Å². The van der Waals surface area contributed by atoms with Crippen LogP contribution in [0.1, 0.15) is 45.8 Å². The maximum Gasteiger partial charge on any atom is 0.254 e. The monoisotopic (exact) mass is 448 g/mol. The molecule has 9 heteroatoms. The molecule has 0 radical (unpaired) electrons. The Morgan fingerprint density at radius 3 is 2.79 bits per heavy atom. The highest BCUT2D eigenvalue weighted by atomic mass is 16.2. The van der Waals surface area contributed by atoms with Crippen LogP contribution in [0, 0.1) is 5.92 Å². The van der Waals surface area contributed by atoms with Crippen LogP contribution in [0.5, 0.6) is 0 Å². The minimum absolute atomic E-state index is 0.0226. The van der Waals surface area contributed by atoms with Crippen LogP contribution in [-0.2, 0) is 11.8 Å². The van der Waals surface area contributed by atoms with Gasteiger partial charge in [0, 0.05) is 60.7 Å². The second-order valence-electron chi connectivity index (χ2n) is 8.55. The van der Waals surface area contributed by atoms with Crippen LogP contribution in [0.15, 0.2) is 36.7 Å². The van der Waals surface area contributed by atoms with Gasteiger partial charge in [-0.25, -0.2) is 4.98 Å². The summed E-state index contributed by atoms with van der Waals surface area (Å²) >= 11 is 0. The zero-order valence-corrected chi connectivity index (χ0v) is 18.6. The Hall–Kier alpha value is -3.88. The number of carbonyl (C=O) groups is 2. The van der Waals surface area contributed by atoms with Gasteiger partial charge in [-0.3, -0.25) is 14.3 Å². The lowest BCUT2D eigenvalue weighted by molar-refractivity contribution is -0.117. The first-order chi connectivity index (χ1) is 17.0. The molecule has 0 unspecified atom stereocenters. The quantitative estimate of drug-likeness (QED) is 0.552. The molecule has 1 fully saturated rings. The van der Waals surface area contributed by atoms with Crippen molar-refractivity contribution in [3.8, 4) is 11.3 Å². The van der Waals surface area contributed by atoms with Gasteiger partial charge in [0.15, 0.2) is 0 Å². The van der Waals surface area contributed by atoms with Crippen LogP contribution >= 0.6 is 0 Å². The summed E-state index contributed by atoms with van der Waals surface area (Å²) in [5, 5.41) is 12.8. The molecule has 1 saturated carbocycles. The zero-order valence-electron chi connectivity index (χ0n) is 21.6. The summed E-state index contributed by atoms with van der Waals surface area (Å²) in [7, 11) is 3.87. The molecule has 3 N–H and O–H groups in total. The van der Waals surface area contributed by atoms with Gasteiger partial charge in [0.05, 0.1) is 34.4 Å². The van der Waals surface area contributed by atoms with E-state index >= 15 is 0 Å². The minimum atomic E-state index is -2.66. The Kier molecular flexibility index (Phi) is 4.23. The van der Waals surface area contributed by atoms with Crippen molar-refractivity contribution >= 4 is 34.7 Å². The topological polar surface area (TPSA) is 104 Å². The molecule has 33 heavy (non-hydrogen) atoms. The van der Waals surface area contributed by atoms with E-state index in [1.807, 2.05) is 43.8 Å². The first kappa shape index (κ1) is 17.6. The van der Waals surface area contributed by atoms with Gasteiger partial charge in [0.2, 0.25) is 5.91 Å². The summed E-state index contributed by atoms with van der Waals surface area (Å²) in [4.78, 5) is 31.4. The van der Waals surface area contributed by atoms with E-state index < -0.39 is 12.9 Å². The molecular weight excluding hydrogens is 418 g/mol. The maximum absolute atomic E-state index is 12.8. The van der Waals surface area contributed by atoms with Gasteiger partial charge in [0.25, 0.3) is 5.91 Å². The summed E-state index contributed by atoms with van der Waals surface area (Å²) in [6.45, 7) is -0.572. The number of hydrogen-bond donors (Lipinski definition) is 3. The molecular formula is C24H27N7O2. The number of rotatable bonds is 5. The lowest BCUT2D eigenvalue weighted by Crippen LogP contribution is -2.26. The second-order valence-corrected chi connectivity index (χ2v) is 8.55. The third kappa shape index (κ3) is 3.69. The number of pyridine rings is 1. The van der Waals surface area contributed by atoms with Crippen molar-refractivity contribution in [3.05, 3.63) is 47.8 Å². The maximum atomic E-state index is 12.8. The number of aryl methyl sites for hydroxylation is 1. The third-order valence-electron chi connectivity index (χ3n) is 6.26. The highest BCUT2D eigenvalue weighted by Gasteiger charge is 2.31. The molecule has 3 aromatic rings. The number of para-hydroxylation sites is 1. The van der Waals surface area contributed by atoms with Crippen LogP contribution in [0.4, 0.5) is 22.9 Å². The Morgan fingerprint density at radius 2 is 2.03 bits per heavy atom. The second kappa shape index (κ2) is 7.91. The average Bonchev–Trinajstić information content (AvgIpc) is 3.58. The van der Waals surface area contributed by atoms with Crippen LogP contribution in [0.25, 0.3) is 11.3 Å². The number of carbonyl (C=O) groups excluding carboxylic acids is 2. The molecule has 2 aromatic heterocycles. The number of nitrogens with one attached hydrogen (secondary N) is 3. The van der Waals surface area contributed by atoms with Crippen molar-refractivity contribution in [2.45, 2.75) is 25.8 Å². The molecule has 1 aliphatic carbocycles. The van der Waals surface area contributed by atoms with Gasteiger partial charge in [-0.1, -0.05) is 12.1 Å². The van der Waals surface area contributed by atoms with Crippen LogP contribution in [-0.4, -0.2) is 40.6 Å². The fourth-order valence-electron chi connectivity index (χ4n) is 4.23. The van der Waals surface area contributed by atoms with Crippen LogP contribution in [0.2, 0.25) is 0 Å². The molecule has 0 saturated heterocycles. The fraction of sp³-hybridized carbons (Fsp3) is 0.333. The minimum Gasteiger partial charge on any atom is -0.365 e. The predicted molar refractivity (Wildman–Crippen MR) is 128 cm³/mol. The molecule has 0 bridgehead atoms. The van der Waals surface area contributed by atoms with E-state index in [1.165, 1.54) is 6.20 Å². The van der Waals surface area contributed by atoms with Crippen molar-refractivity contribution < 1.29 is 13.7 Å². The van der Waals surface area contributed by atoms with E-state index in [4.69, 9.17) is 4.11 Å². The number of hydrogen-bond acceptors (Lipinski definition) is 6. The van der Waals surface area contributed by atoms with Crippen molar-refractivity contribution in [1.82, 2.24) is 20.1 Å². The van der Waals surface area contributed by atoms with E-state index in [0.717, 1.165) is 35.3 Å². The summed E-state index contributed by atoms with van der Waals surface area (Å²) in [6.07, 6.45) is 4.96. The third-order valence-corrected chi connectivity index (χ3v) is 6.26. The van der Waals surface area contributed by atoms with Gasteiger partial charge in [-0.15, -0.1) is 0 Å². The van der Waals surface area contributed by atoms with E-state index in [0.29, 0.717) is 11.4 Å². The Morgan fingerprint density at radius 1 is 1.21 bits per heavy atom. The summed E-state index contributed by atoms with van der Waals surface area (Å²) < 4.78 is 24.1. The SMILES string of the molecule is [2H]C([2H])([2H])NC(=O)c1cnc(NC(=O)C2CC2)cc1Nc1cccc2c1N(C)[C@@H](C)c1cn(C)nc1-2. The largest absolute Gasteiger partial charge is 0.365 e. The van der Waals surface area contributed by atoms with E-state index in [2.05, 4.69) is 32.5 Å². The first-order valence-electron chi connectivity index (χ1n) is 12.3. The van der Waals surface area contributed by atoms with Crippen molar-refractivity contribution in [2.75, 3.05) is 29.6 Å². The number of aromatic nitrogens is 3. The molecule has 2 amide bonds. The van der Waals surface area contributed by atoms with E-state index in [-0.39, 0.29) is 29.2 Å². The van der Waals surface area contributed by atoms with Gasteiger partial charge < -0.3 is 20.9 Å². The summed E-state index contributed by atoms with van der Waals surface area (Å²) in [5.41, 5.74) is 4.87. The van der Waals surface area contributed by atoms with Gasteiger partial charge in [0.1, 0.15) is 5.82 Å². The average molecular weight is 449 g/mol. The molecule has 1 aromatic carbocycles. The van der Waals surface area contributed by atoms with Gasteiger partial charge >= 0.3 is 0 Å².